The third kappa shape index (κ3) is 3.87. The minimum atomic E-state index is -0.894. The summed E-state index contributed by atoms with van der Waals surface area (Å²) in [5.41, 5.74) is -0.321. The normalized spacial score (nSPS) is 28.7. The smallest absolute Gasteiger partial charge is 0.252 e. The SMILES string of the molecule is O=C(N[C@@H](CC1CCCCC1)C(=O)N[C@]12CCC[C@H]1OCC2=O)c1ccsc1. The first kappa shape index (κ1) is 19.6. The summed E-state index contributed by atoms with van der Waals surface area (Å²) < 4.78 is 5.61. The summed E-state index contributed by atoms with van der Waals surface area (Å²) in [6.07, 6.45) is 8.45. The first-order valence-electron chi connectivity index (χ1n) is 10.4. The number of carbonyl (C=O) groups is 3. The Balaban J connectivity index is 1.49. The topological polar surface area (TPSA) is 84.5 Å². The molecule has 3 atom stereocenters. The van der Waals surface area contributed by atoms with Crippen LogP contribution < -0.4 is 10.6 Å². The van der Waals surface area contributed by atoms with Crippen LogP contribution >= 0.6 is 11.3 Å². The third-order valence-electron chi connectivity index (χ3n) is 6.55. The van der Waals surface area contributed by atoms with Crippen LogP contribution in [0.15, 0.2) is 16.8 Å². The average Bonchev–Trinajstić information content (AvgIpc) is 3.41. The molecule has 2 heterocycles. The highest BCUT2D eigenvalue weighted by atomic mass is 32.1. The van der Waals surface area contributed by atoms with Crippen LogP contribution in [0.5, 0.6) is 0 Å². The maximum Gasteiger partial charge on any atom is 0.252 e. The van der Waals surface area contributed by atoms with Crippen LogP contribution in [0, 0.1) is 5.92 Å². The maximum absolute atomic E-state index is 13.2. The molecule has 4 rings (SSSR count). The van der Waals surface area contributed by atoms with Gasteiger partial charge < -0.3 is 15.4 Å². The minimum Gasteiger partial charge on any atom is -0.367 e. The van der Waals surface area contributed by atoms with Gasteiger partial charge in [-0.2, -0.15) is 11.3 Å². The van der Waals surface area contributed by atoms with E-state index in [0.29, 0.717) is 24.3 Å². The number of ketones is 1. The van der Waals surface area contributed by atoms with Crippen LogP contribution in [0.2, 0.25) is 0 Å². The van der Waals surface area contributed by atoms with Crippen LogP contribution in [0.4, 0.5) is 0 Å². The van der Waals surface area contributed by atoms with E-state index in [1.807, 2.05) is 5.38 Å². The van der Waals surface area contributed by atoms with Crippen LogP contribution in [-0.2, 0) is 14.3 Å². The molecule has 2 saturated carbocycles. The zero-order chi connectivity index (χ0) is 19.6. The lowest BCUT2D eigenvalue weighted by Crippen LogP contribution is -2.60. The van der Waals surface area contributed by atoms with E-state index in [4.69, 9.17) is 4.74 Å². The summed E-state index contributed by atoms with van der Waals surface area (Å²) in [6, 6.07) is 1.13. The number of hydrogen-bond acceptors (Lipinski definition) is 5. The van der Waals surface area contributed by atoms with Crippen molar-refractivity contribution >= 4 is 28.9 Å². The first-order valence-corrected chi connectivity index (χ1v) is 11.3. The number of fused-ring (bicyclic) bond motifs is 1. The van der Waals surface area contributed by atoms with Gasteiger partial charge in [0.25, 0.3) is 5.91 Å². The second-order valence-corrected chi connectivity index (χ2v) is 9.13. The van der Waals surface area contributed by atoms with E-state index < -0.39 is 11.6 Å². The second-order valence-electron chi connectivity index (χ2n) is 8.35. The van der Waals surface area contributed by atoms with E-state index in [1.165, 1.54) is 30.6 Å². The lowest BCUT2D eigenvalue weighted by Gasteiger charge is -2.32. The van der Waals surface area contributed by atoms with Gasteiger partial charge in [0.05, 0.1) is 11.7 Å². The number of carbonyl (C=O) groups excluding carboxylic acids is 3. The monoisotopic (exact) mass is 404 g/mol. The number of ether oxygens (including phenoxy) is 1. The van der Waals surface area contributed by atoms with E-state index >= 15 is 0 Å². The number of thiophene rings is 1. The first-order chi connectivity index (χ1) is 13.6. The summed E-state index contributed by atoms with van der Waals surface area (Å²) >= 11 is 1.45. The van der Waals surface area contributed by atoms with Crippen molar-refractivity contribution in [3.8, 4) is 0 Å². The van der Waals surface area contributed by atoms with Crippen molar-refractivity contribution in [2.45, 2.75) is 75.5 Å². The molecular weight excluding hydrogens is 376 g/mol. The summed E-state index contributed by atoms with van der Waals surface area (Å²) in [4.78, 5) is 38.4. The molecule has 1 saturated heterocycles. The van der Waals surface area contributed by atoms with Gasteiger partial charge in [0.15, 0.2) is 5.78 Å². The Bertz CT molecular complexity index is 729. The quantitative estimate of drug-likeness (QED) is 0.764. The number of nitrogens with one attached hydrogen (secondary N) is 2. The Labute approximate surface area is 169 Å². The van der Waals surface area contributed by atoms with Crippen molar-refractivity contribution in [3.05, 3.63) is 22.4 Å². The van der Waals surface area contributed by atoms with Crippen molar-refractivity contribution in [3.63, 3.8) is 0 Å². The molecule has 6 nitrogen and oxygen atoms in total. The molecular formula is C21H28N2O4S. The zero-order valence-electron chi connectivity index (χ0n) is 16.1. The van der Waals surface area contributed by atoms with Crippen LogP contribution in [0.1, 0.15) is 68.1 Å². The molecule has 0 spiro atoms. The largest absolute Gasteiger partial charge is 0.367 e. The molecule has 7 heteroatoms. The number of Topliss-reactive ketones (excluding diaryl/α,β-unsaturated/α-hetero) is 1. The zero-order valence-corrected chi connectivity index (χ0v) is 16.9. The summed E-state index contributed by atoms with van der Waals surface area (Å²) in [5, 5.41) is 9.59. The van der Waals surface area contributed by atoms with E-state index in [0.717, 1.165) is 25.7 Å². The molecule has 28 heavy (non-hydrogen) atoms. The Kier molecular flexibility index (Phi) is 5.83. The highest BCUT2D eigenvalue weighted by Crippen LogP contribution is 2.38. The fourth-order valence-corrected chi connectivity index (χ4v) is 5.60. The fourth-order valence-electron chi connectivity index (χ4n) is 4.97. The highest BCUT2D eigenvalue weighted by Gasteiger charge is 2.55. The second kappa shape index (κ2) is 8.33. The predicted molar refractivity (Wildman–Crippen MR) is 106 cm³/mol. The van der Waals surface area contributed by atoms with Gasteiger partial charge in [0.1, 0.15) is 18.2 Å². The van der Waals surface area contributed by atoms with Gasteiger partial charge >= 0.3 is 0 Å². The molecule has 2 amide bonds. The maximum atomic E-state index is 13.2. The summed E-state index contributed by atoms with van der Waals surface area (Å²) in [6.45, 7) is 0.0689. The molecule has 152 valence electrons. The van der Waals surface area contributed by atoms with E-state index in [2.05, 4.69) is 10.6 Å². The van der Waals surface area contributed by atoms with Gasteiger partial charge in [-0.15, -0.1) is 0 Å². The molecule has 0 bridgehead atoms. The van der Waals surface area contributed by atoms with Crippen molar-refractivity contribution in [2.75, 3.05) is 6.61 Å². The third-order valence-corrected chi connectivity index (χ3v) is 7.23. The molecule has 3 aliphatic rings. The summed E-state index contributed by atoms with van der Waals surface area (Å²) in [7, 11) is 0. The fraction of sp³-hybridized carbons (Fsp3) is 0.667. The van der Waals surface area contributed by atoms with Gasteiger partial charge in [0, 0.05) is 5.38 Å². The predicted octanol–water partition coefficient (Wildman–Crippen LogP) is 2.82. The highest BCUT2D eigenvalue weighted by molar-refractivity contribution is 7.08. The molecule has 3 fully saturated rings. The van der Waals surface area contributed by atoms with E-state index in [9.17, 15) is 14.4 Å². The molecule has 1 aromatic heterocycles. The van der Waals surface area contributed by atoms with Gasteiger partial charge in [0.2, 0.25) is 5.91 Å². The van der Waals surface area contributed by atoms with Gasteiger partial charge in [-0.1, -0.05) is 32.1 Å². The van der Waals surface area contributed by atoms with Gasteiger partial charge in [-0.3, -0.25) is 14.4 Å². The van der Waals surface area contributed by atoms with Crippen LogP contribution in [-0.4, -0.2) is 41.9 Å². The minimum absolute atomic E-state index is 0.0380. The molecule has 0 unspecified atom stereocenters. The molecule has 2 aliphatic carbocycles. The Morgan fingerprint density at radius 3 is 2.79 bits per heavy atom. The van der Waals surface area contributed by atoms with E-state index in [1.54, 1.807) is 11.4 Å². The molecule has 2 N–H and O–H groups in total. The van der Waals surface area contributed by atoms with Crippen molar-refractivity contribution in [1.82, 2.24) is 10.6 Å². The lowest BCUT2D eigenvalue weighted by atomic mass is 9.84. The Morgan fingerprint density at radius 2 is 2.04 bits per heavy atom. The Hall–Kier alpha value is -1.73. The number of hydrogen-bond donors (Lipinski definition) is 2. The molecule has 1 aliphatic heterocycles. The van der Waals surface area contributed by atoms with Crippen molar-refractivity contribution < 1.29 is 19.1 Å². The van der Waals surface area contributed by atoms with Gasteiger partial charge in [-0.25, -0.2) is 0 Å². The molecule has 0 aromatic carbocycles. The van der Waals surface area contributed by atoms with E-state index in [-0.39, 0.29) is 30.3 Å². The number of rotatable bonds is 6. The van der Waals surface area contributed by atoms with Gasteiger partial charge in [-0.05, 0) is 43.0 Å². The number of amides is 2. The Morgan fingerprint density at radius 1 is 1.21 bits per heavy atom. The summed E-state index contributed by atoms with van der Waals surface area (Å²) in [5.74, 6) is -0.0878. The lowest BCUT2D eigenvalue weighted by molar-refractivity contribution is -0.131. The molecule has 1 aromatic rings. The van der Waals surface area contributed by atoms with Crippen LogP contribution in [0.25, 0.3) is 0 Å². The molecule has 0 radical (unpaired) electrons. The van der Waals surface area contributed by atoms with Crippen molar-refractivity contribution in [1.29, 1.82) is 0 Å². The van der Waals surface area contributed by atoms with Crippen molar-refractivity contribution in [2.24, 2.45) is 5.92 Å². The average molecular weight is 405 g/mol. The standard InChI is InChI=1S/C21H28N2O4S/c24-17-12-27-18-7-4-9-21(17,18)23-20(26)16(11-14-5-2-1-3-6-14)22-19(25)15-8-10-28-13-15/h8,10,13-14,16,18H,1-7,9,11-12H2,(H,22,25)(H,23,26)/t16-,18+,21-/m0/s1. The van der Waals surface area contributed by atoms with Crippen LogP contribution in [0.3, 0.4) is 0 Å².